The summed E-state index contributed by atoms with van der Waals surface area (Å²) < 4.78 is 1.35. The molecule has 1 saturated carbocycles. The summed E-state index contributed by atoms with van der Waals surface area (Å²) in [5, 5.41) is 4.76. The highest BCUT2D eigenvalue weighted by Crippen LogP contribution is 2.43. The molecule has 1 aromatic heterocycles. The van der Waals surface area contributed by atoms with Gasteiger partial charge in [0.1, 0.15) is 0 Å². The van der Waals surface area contributed by atoms with Gasteiger partial charge in [0.15, 0.2) is 0 Å². The Bertz CT molecular complexity index is 582. The van der Waals surface area contributed by atoms with Crippen LogP contribution in [0.3, 0.4) is 0 Å². The summed E-state index contributed by atoms with van der Waals surface area (Å²) in [6.45, 7) is 5.61. The van der Waals surface area contributed by atoms with Crippen LogP contribution in [0, 0.1) is 0 Å². The van der Waals surface area contributed by atoms with E-state index in [4.69, 9.17) is 4.98 Å². The van der Waals surface area contributed by atoms with Gasteiger partial charge >= 0.3 is 0 Å². The number of nitrogens with zero attached hydrogens (tertiary/aromatic N) is 2. The van der Waals surface area contributed by atoms with Crippen molar-refractivity contribution in [1.29, 1.82) is 0 Å². The van der Waals surface area contributed by atoms with Gasteiger partial charge in [0, 0.05) is 38.6 Å². The van der Waals surface area contributed by atoms with Gasteiger partial charge in [0.25, 0.3) is 0 Å². The summed E-state index contributed by atoms with van der Waals surface area (Å²) in [6.07, 6.45) is 2.68. The molecule has 2 aliphatic rings. The number of benzene rings is 1. The van der Waals surface area contributed by atoms with Gasteiger partial charge in [-0.1, -0.05) is 6.07 Å². The van der Waals surface area contributed by atoms with Crippen molar-refractivity contribution in [3.8, 4) is 0 Å². The highest BCUT2D eigenvalue weighted by molar-refractivity contribution is 7.18. The molecule has 1 saturated heterocycles. The van der Waals surface area contributed by atoms with Gasteiger partial charge < -0.3 is 5.32 Å². The first kappa shape index (κ1) is 11.8. The fourth-order valence-electron chi connectivity index (χ4n) is 2.72. The van der Waals surface area contributed by atoms with E-state index in [0.29, 0.717) is 0 Å². The van der Waals surface area contributed by atoms with Crippen molar-refractivity contribution < 1.29 is 0 Å². The highest BCUT2D eigenvalue weighted by Gasteiger charge is 2.26. The second kappa shape index (κ2) is 4.85. The molecule has 100 valence electrons. The molecule has 0 bridgehead atoms. The van der Waals surface area contributed by atoms with Gasteiger partial charge in [-0.2, -0.15) is 0 Å². The SMILES string of the molecule is c1cc2sc(C3CC3)nc2cc1CN1CCNCC1. The standard InChI is InChI=1S/C15H19N3S/c1-4-14-13(17-15(19-14)12-2-3-12)9-11(1)10-18-7-5-16-6-8-18/h1,4,9,12,16H,2-3,5-8,10H2. The Hall–Kier alpha value is -0.970. The molecule has 0 radical (unpaired) electrons. The molecule has 2 aromatic rings. The number of hydrogen-bond acceptors (Lipinski definition) is 4. The van der Waals surface area contributed by atoms with E-state index in [9.17, 15) is 0 Å². The molecule has 2 fully saturated rings. The summed E-state index contributed by atoms with van der Waals surface area (Å²) in [4.78, 5) is 7.34. The third-order valence-electron chi connectivity index (χ3n) is 4.01. The Balaban J connectivity index is 1.56. The summed E-state index contributed by atoms with van der Waals surface area (Å²) in [5.74, 6) is 0.772. The van der Waals surface area contributed by atoms with Crippen molar-refractivity contribution in [3.63, 3.8) is 0 Å². The lowest BCUT2D eigenvalue weighted by Crippen LogP contribution is -2.42. The fraction of sp³-hybridized carbons (Fsp3) is 0.533. The maximum Gasteiger partial charge on any atom is 0.0969 e. The van der Waals surface area contributed by atoms with E-state index in [0.717, 1.165) is 38.6 Å². The van der Waals surface area contributed by atoms with Crippen LogP contribution in [0.4, 0.5) is 0 Å². The molecule has 4 rings (SSSR count). The van der Waals surface area contributed by atoms with Crippen molar-refractivity contribution in [3.05, 3.63) is 28.8 Å². The minimum absolute atomic E-state index is 0.772. The molecule has 0 atom stereocenters. The molecule has 2 heterocycles. The molecule has 1 aliphatic carbocycles. The summed E-state index contributed by atoms with van der Waals surface area (Å²) >= 11 is 1.89. The molecular weight excluding hydrogens is 254 g/mol. The van der Waals surface area contributed by atoms with E-state index < -0.39 is 0 Å². The Morgan fingerprint density at radius 2 is 2.11 bits per heavy atom. The number of thiazole rings is 1. The third-order valence-corrected chi connectivity index (χ3v) is 5.21. The molecule has 0 unspecified atom stereocenters. The highest BCUT2D eigenvalue weighted by atomic mass is 32.1. The largest absolute Gasteiger partial charge is 0.314 e. The lowest BCUT2D eigenvalue weighted by molar-refractivity contribution is 0.233. The van der Waals surface area contributed by atoms with Gasteiger partial charge in [0.2, 0.25) is 0 Å². The molecule has 1 aromatic carbocycles. The predicted octanol–water partition coefficient (Wildman–Crippen LogP) is 2.58. The van der Waals surface area contributed by atoms with Gasteiger partial charge in [-0.25, -0.2) is 4.98 Å². The summed E-state index contributed by atoms with van der Waals surface area (Å²) in [6, 6.07) is 6.83. The van der Waals surface area contributed by atoms with Crippen LogP contribution >= 0.6 is 11.3 Å². The van der Waals surface area contributed by atoms with Crippen molar-refractivity contribution in [2.24, 2.45) is 0 Å². The quantitative estimate of drug-likeness (QED) is 0.931. The number of rotatable bonds is 3. The maximum absolute atomic E-state index is 4.82. The van der Waals surface area contributed by atoms with Crippen LogP contribution in [0.25, 0.3) is 10.2 Å². The maximum atomic E-state index is 4.82. The summed E-state index contributed by atoms with van der Waals surface area (Å²) in [5.41, 5.74) is 2.61. The number of aromatic nitrogens is 1. The Kier molecular flexibility index (Phi) is 3.02. The summed E-state index contributed by atoms with van der Waals surface area (Å²) in [7, 11) is 0. The fourth-order valence-corrected chi connectivity index (χ4v) is 3.84. The number of hydrogen-bond donors (Lipinski definition) is 1. The average molecular weight is 273 g/mol. The minimum Gasteiger partial charge on any atom is -0.314 e. The van der Waals surface area contributed by atoms with Crippen molar-refractivity contribution >= 4 is 21.6 Å². The molecule has 3 nitrogen and oxygen atoms in total. The first-order valence-electron chi connectivity index (χ1n) is 7.21. The Morgan fingerprint density at radius 3 is 2.89 bits per heavy atom. The third kappa shape index (κ3) is 2.53. The van der Waals surface area contributed by atoms with Gasteiger partial charge in [-0.05, 0) is 30.5 Å². The van der Waals surface area contributed by atoms with E-state index in [1.54, 1.807) is 0 Å². The van der Waals surface area contributed by atoms with E-state index in [-0.39, 0.29) is 0 Å². The normalized spacial score (nSPS) is 21.1. The van der Waals surface area contributed by atoms with Crippen molar-refractivity contribution in [1.82, 2.24) is 15.2 Å². The second-order valence-electron chi connectivity index (χ2n) is 5.65. The Labute approximate surface area is 117 Å². The van der Waals surface area contributed by atoms with Crippen LogP contribution in [0.15, 0.2) is 18.2 Å². The van der Waals surface area contributed by atoms with Crippen LogP contribution in [0.1, 0.15) is 29.3 Å². The lowest BCUT2D eigenvalue weighted by atomic mass is 10.2. The van der Waals surface area contributed by atoms with E-state index >= 15 is 0 Å². The number of piperazine rings is 1. The van der Waals surface area contributed by atoms with Crippen LogP contribution < -0.4 is 5.32 Å². The van der Waals surface area contributed by atoms with E-state index in [1.165, 1.54) is 33.6 Å². The Morgan fingerprint density at radius 1 is 1.26 bits per heavy atom. The zero-order valence-electron chi connectivity index (χ0n) is 11.1. The van der Waals surface area contributed by atoms with Crippen LogP contribution in [0.5, 0.6) is 0 Å². The van der Waals surface area contributed by atoms with Gasteiger partial charge in [-0.15, -0.1) is 11.3 Å². The molecule has 19 heavy (non-hydrogen) atoms. The van der Waals surface area contributed by atoms with Crippen molar-refractivity contribution in [2.45, 2.75) is 25.3 Å². The monoisotopic (exact) mass is 273 g/mol. The first-order chi connectivity index (χ1) is 9.38. The molecule has 0 amide bonds. The second-order valence-corrected chi connectivity index (χ2v) is 6.72. The van der Waals surface area contributed by atoms with Crippen LogP contribution in [-0.2, 0) is 6.54 Å². The van der Waals surface area contributed by atoms with E-state index in [1.807, 2.05) is 11.3 Å². The lowest BCUT2D eigenvalue weighted by Gasteiger charge is -2.27. The predicted molar refractivity (Wildman–Crippen MR) is 79.7 cm³/mol. The molecule has 1 aliphatic heterocycles. The van der Waals surface area contributed by atoms with Crippen molar-refractivity contribution in [2.75, 3.05) is 26.2 Å². The topological polar surface area (TPSA) is 28.2 Å². The molecular formula is C15H19N3S. The van der Waals surface area contributed by atoms with E-state index in [2.05, 4.69) is 28.4 Å². The zero-order chi connectivity index (χ0) is 12.7. The zero-order valence-corrected chi connectivity index (χ0v) is 11.9. The number of fused-ring (bicyclic) bond motifs is 1. The average Bonchev–Trinajstić information content (AvgIpc) is 3.20. The first-order valence-corrected chi connectivity index (χ1v) is 8.02. The molecule has 4 heteroatoms. The van der Waals surface area contributed by atoms with Gasteiger partial charge in [-0.3, -0.25) is 4.90 Å². The van der Waals surface area contributed by atoms with Gasteiger partial charge in [0.05, 0.1) is 15.2 Å². The smallest absolute Gasteiger partial charge is 0.0969 e. The van der Waals surface area contributed by atoms with Crippen LogP contribution in [0.2, 0.25) is 0 Å². The minimum atomic E-state index is 0.772. The van der Waals surface area contributed by atoms with Crippen LogP contribution in [-0.4, -0.2) is 36.1 Å². The number of nitrogens with one attached hydrogen (secondary N) is 1. The molecule has 1 N–H and O–H groups in total. The molecule has 0 spiro atoms.